The van der Waals surface area contributed by atoms with Crippen LogP contribution in [0.15, 0.2) is 18.2 Å². The second kappa shape index (κ2) is 9.39. The molecular formula is C15H24N2O3S. The van der Waals surface area contributed by atoms with E-state index in [2.05, 4.69) is 12.2 Å². The van der Waals surface area contributed by atoms with E-state index in [0.717, 1.165) is 18.6 Å². The second-order valence-corrected chi connectivity index (χ2v) is 6.51. The van der Waals surface area contributed by atoms with Gasteiger partial charge in [-0.15, -0.1) is 0 Å². The van der Waals surface area contributed by atoms with E-state index in [1.165, 1.54) is 7.11 Å². The zero-order valence-corrected chi connectivity index (χ0v) is 13.5. The Morgan fingerprint density at radius 2 is 2.05 bits per heavy atom. The summed E-state index contributed by atoms with van der Waals surface area (Å²) in [6, 6.07) is 5.09. The van der Waals surface area contributed by atoms with Crippen LogP contribution in [0.1, 0.15) is 32.6 Å². The van der Waals surface area contributed by atoms with Crippen molar-refractivity contribution in [1.29, 1.82) is 0 Å². The lowest BCUT2D eigenvalue weighted by molar-refractivity contribution is -0.116. The molecule has 0 aromatic heterocycles. The highest BCUT2D eigenvalue weighted by atomic mass is 32.2. The molecule has 0 radical (unpaired) electrons. The Hall–Kier alpha value is -1.56. The molecule has 0 heterocycles. The number of amides is 1. The monoisotopic (exact) mass is 312 g/mol. The number of hydrogen-bond donors (Lipinski definition) is 2. The molecule has 5 nitrogen and oxygen atoms in total. The van der Waals surface area contributed by atoms with Crippen LogP contribution < -0.4 is 15.8 Å². The van der Waals surface area contributed by atoms with Crippen LogP contribution >= 0.6 is 0 Å². The molecule has 1 aromatic rings. The molecule has 0 fully saturated rings. The summed E-state index contributed by atoms with van der Waals surface area (Å²) in [7, 11) is 0.723. The summed E-state index contributed by atoms with van der Waals surface area (Å²) in [6.45, 7) is 2.07. The molecule has 1 unspecified atom stereocenters. The molecule has 0 spiro atoms. The molecule has 0 saturated heterocycles. The number of anilines is 2. The highest BCUT2D eigenvalue weighted by molar-refractivity contribution is 7.84. The predicted molar refractivity (Wildman–Crippen MR) is 88.1 cm³/mol. The number of carbonyl (C=O) groups is 1. The van der Waals surface area contributed by atoms with E-state index in [4.69, 9.17) is 10.5 Å². The van der Waals surface area contributed by atoms with Crippen molar-refractivity contribution >= 4 is 28.1 Å². The fourth-order valence-electron chi connectivity index (χ4n) is 1.84. The van der Waals surface area contributed by atoms with Gasteiger partial charge >= 0.3 is 0 Å². The van der Waals surface area contributed by atoms with Gasteiger partial charge in [0.2, 0.25) is 5.91 Å². The van der Waals surface area contributed by atoms with Gasteiger partial charge in [-0.3, -0.25) is 9.00 Å². The standard InChI is InChI=1S/C15H24N2O3S/c1-3-4-9-21(19)10-5-6-15(18)17-13-11-12(16)7-8-14(13)20-2/h7-8,11H,3-6,9-10,16H2,1-2H3,(H,17,18). The molecule has 6 heteroatoms. The Bertz CT molecular complexity index is 492. The highest BCUT2D eigenvalue weighted by Gasteiger charge is 2.09. The molecule has 118 valence electrons. The first-order valence-corrected chi connectivity index (χ1v) is 8.64. The van der Waals surface area contributed by atoms with E-state index in [-0.39, 0.29) is 5.91 Å². The first-order chi connectivity index (χ1) is 10.1. The van der Waals surface area contributed by atoms with Crippen molar-refractivity contribution in [3.05, 3.63) is 18.2 Å². The third-order valence-electron chi connectivity index (χ3n) is 3.00. The third kappa shape index (κ3) is 6.62. The molecule has 0 aliphatic heterocycles. The van der Waals surface area contributed by atoms with Gasteiger partial charge in [-0.1, -0.05) is 13.3 Å². The van der Waals surface area contributed by atoms with E-state index < -0.39 is 10.8 Å². The Balaban J connectivity index is 2.40. The van der Waals surface area contributed by atoms with E-state index in [0.29, 0.717) is 35.7 Å². The van der Waals surface area contributed by atoms with Crippen LogP contribution in [-0.2, 0) is 15.6 Å². The average Bonchev–Trinajstić information content (AvgIpc) is 2.45. The Kier molecular flexibility index (Phi) is 7.82. The fraction of sp³-hybridized carbons (Fsp3) is 0.533. The maximum absolute atomic E-state index is 11.9. The first-order valence-electron chi connectivity index (χ1n) is 7.15. The number of benzene rings is 1. The SMILES string of the molecule is CCCCS(=O)CCCC(=O)Nc1cc(N)ccc1OC. The summed E-state index contributed by atoms with van der Waals surface area (Å²) >= 11 is 0. The number of hydrogen-bond acceptors (Lipinski definition) is 4. The third-order valence-corrected chi connectivity index (χ3v) is 4.49. The summed E-state index contributed by atoms with van der Waals surface area (Å²) < 4.78 is 16.8. The van der Waals surface area contributed by atoms with Crippen molar-refractivity contribution in [2.24, 2.45) is 0 Å². The summed E-state index contributed by atoms with van der Waals surface area (Å²) in [5.74, 6) is 1.75. The van der Waals surface area contributed by atoms with Gasteiger partial charge in [0, 0.05) is 34.4 Å². The van der Waals surface area contributed by atoms with Crippen molar-refractivity contribution in [3.63, 3.8) is 0 Å². The topological polar surface area (TPSA) is 81.4 Å². The molecule has 0 aliphatic carbocycles. The maximum Gasteiger partial charge on any atom is 0.224 e. The van der Waals surface area contributed by atoms with E-state index in [9.17, 15) is 9.00 Å². The molecule has 1 aromatic carbocycles. The van der Waals surface area contributed by atoms with Gasteiger partial charge in [-0.05, 0) is 31.0 Å². The Morgan fingerprint density at radius 3 is 2.71 bits per heavy atom. The number of rotatable bonds is 9. The summed E-state index contributed by atoms with van der Waals surface area (Å²) in [6.07, 6.45) is 2.98. The zero-order valence-electron chi connectivity index (χ0n) is 12.7. The van der Waals surface area contributed by atoms with Crippen LogP contribution in [-0.4, -0.2) is 28.7 Å². The maximum atomic E-state index is 11.9. The summed E-state index contributed by atoms with van der Waals surface area (Å²) in [5, 5.41) is 2.78. The zero-order chi connectivity index (χ0) is 15.7. The average molecular weight is 312 g/mol. The lowest BCUT2D eigenvalue weighted by Gasteiger charge is -2.10. The Morgan fingerprint density at radius 1 is 1.33 bits per heavy atom. The second-order valence-electron chi connectivity index (χ2n) is 4.81. The van der Waals surface area contributed by atoms with Gasteiger partial charge in [0.1, 0.15) is 5.75 Å². The molecule has 0 aliphatic rings. The molecule has 3 N–H and O–H groups in total. The van der Waals surface area contributed by atoms with Gasteiger partial charge in [0.25, 0.3) is 0 Å². The number of carbonyl (C=O) groups excluding carboxylic acids is 1. The molecule has 1 amide bonds. The fourth-order valence-corrected chi connectivity index (χ4v) is 3.12. The van der Waals surface area contributed by atoms with Crippen LogP contribution in [0.2, 0.25) is 0 Å². The van der Waals surface area contributed by atoms with Crippen LogP contribution in [0.3, 0.4) is 0 Å². The molecule has 0 bridgehead atoms. The number of methoxy groups -OCH3 is 1. The smallest absolute Gasteiger partial charge is 0.224 e. The van der Waals surface area contributed by atoms with Crippen molar-refractivity contribution in [3.8, 4) is 5.75 Å². The minimum Gasteiger partial charge on any atom is -0.495 e. The van der Waals surface area contributed by atoms with Crippen LogP contribution in [0.5, 0.6) is 5.75 Å². The normalized spacial score (nSPS) is 11.9. The van der Waals surface area contributed by atoms with E-state index >= 15 is 0 Å². The molecule has 1 atom stereocenters. The number of unbranched alkanes of at least 4 members (excludes halogenated alkanes) is 1. The summed E-state index contributed by atoms with van der Waals surface area (Å²) in [4.78, 5) is 11.9. The molecule has 21 heavy (non-hydrogen) atoms. The predicted octanol–water partition coefficient (Wildman–Crippen LogP) is 2.54. The van der Waals surface area contributed by atoms with Crippen molar-refractivity contribution in [2.75, 3.05) is 29.7 Å². The van der Waals surface area contributed by atoms with Gasteiger partial charge in [0.15, 0.2) is 0 Å². The number of nitrogens with two attached hydrogens (primary N) is 1. The largest absolute Gasteiger partial charge is 0.495 e. The number of nitrogen functional groups attached to an aromatic ring is 1. The van der Waals surface area contributed by atoms with Crippen molar-refractivity contribution < 1.29 is 13.7 Å². The lowest BCUT2D eigenvalue weighted by atomic mass is 10.2. The van der Waals surface area contributed by atoms with Gasteiger partial charge < -0.3 is 15.8 Å². The van der Waals surface area contributed by atoms with Gasteiger partial charge in [-0.25, -0.2) is 0 Å². The van der Waals surface area contributed by atoms with Crippen LogP contribution in [0.25, 0.3) is 0 Å². The molecule has 0 saturated carbocycles. The van der Waals surface area contributed by atoms with E-state index in [1.807, 2.05) is 0 Å². The van der Waals surface area contributed by atoms with Crippen molar-refractivity contribution in [1.82, 2.24) is 0 Å². The number of nitrogens with one attached hydrogen (secondary N) is 1. The molecular weight excluding hydrogens is 288 g/mol. The quantitative estimate of drug-likeness (QED) is 0.687. The number of ether oxygens (including phenoxy) is 1. The highest BCUT2D eigenvalue weighted by Crippen LogP contribution is 2.26. The van der Waals surface area contributed by atoms with Gasteiger partial charge in [0.05, 0.1) is 12.8 Å². The van der Waals surface area contributed by atoms with Crippen LogP contribution in [0, 0.1) is 0 Å². The first kappa shape index (κ1) is 17.5. The lowest BCUT2D eigenvalue weighted by Crippen LogP contribution is -2.14. The van der Waals surface area contributed by atoms with Crippen molar-refractivity contribution in [2.45, 2.75) is 32.6 Å². The minimum atomic E-state index is -0.817. The summed E-state index contributed by atoms with van der Waals surface area (Å²) in [5.41, 5.74) is 6.82. The molecule has 1 rings (SSSR count). The van der Waals surface area contributed by atoms with E-state index in [1.54, 1.807) is 18.2 Å². The van der Waals surface area contributed by atoms with Gasteiger partial charge in [-0.2, -0.15) is 0 Å². The van der Waals surface area contributed by atoms with Crippen LogP contribution in [0.4, 0.5) is 11.4 Å². The minimum absolute atomic E-state index is 0.119. The Labute approximate surface area is 128 Å².